The van der Waals surface area contributed by atoms with Crippen LogP contribution in [0.25, 0.3) is 17.0 Å². The zero-order valence-corrected chi connectivity index (χ0v) is 12.4. The summed E-state index contributed by atoms with van der Waals surface area (Å²) in [7, 11) is 1.35. The van der Waals surface area contributed by atoms with Gasteiger partial charge >= 0.3 is 5.97 Å². The molecule has 114 valence electrons. The minimum absolute atomic E-state index is 0.196. The molecule has 0 aliphatic heterocycles. The number of carbonyl (C=O) groups is 2. The molecule has 1 aromatic heterocycles. The van der Waals surface area contributed by atoms with Crippen LogP contribution >= 0.6 is 0 Å². The fourth-order valence-corrected chi connectivity index (χ4v) is 2.03. The number of ether oxygens (including phenoxy) is 1. The van der Waals surface area contributed by atoms with E-state index in [2.05, 4.69) is 15.0 Å². The first kappa shape index (κ1) is 15.7. The van der Waals surface area contributed by atoms with E-state index in [0.29, 0.717) is 19.4 Å². The highest BCUT2D eigenvalue weighted by molar-refractivity contribution is 5.95. The number of methoxy groups -OCH3 is 1. The van der Waals surface area contributed by atoms with Crippen molar-refractivity contribution in [2.24, 2.45) is 0 Å². The molecule has 2 aromatic rings. The Labute approximate surface area is 129 Å². The zero-order chi connectivity index (χ0) is 15.8. The maximum absolute atomic E-state index is 11.7. The molecule has 22 heavy (non-hydrogen) atoms. The summed E-state index contributed by atoms with van der Waals surface area (Å²) < 4.78 is 4.53. The smallest absolute Gasteiger partial charge is 0.305 e. The fourth-order valence-electron chi connectivity index (χ4n) is 2.03. The van der Waals surface area contributed by atoms with Crippen molar-refractivity contribution < 1.29 is 14.3 Å². The van der Waals surface area contributed by atoms with Gasteiger partial charge in [-0.25, -0.2) is 0 Å². The largest absolute Gasteiger partial charge is 0.469 e. The van der Waals surface area contributed by atoms with Crippen molar-refractivity contribution in [1.82, 2.24) is 10.3 Å². The maximum Gasteiger partial charge on any atom is 0.305 e. The van der Waals surface area contributed by atoms with Crippen LogP contribution in [0.15, 0.2) is 42.6 Å². The minimum atomic E-state index is -0.272. The molecule has 1 aromatic carbocycles. The summed E-state index contributed by atoms with van der Waals surface area (Å²) in [5.74, 6) is -0.468. The van der Waals surface area contributed by atoms with Crippen LogP contribution in [0.4, 0.5) is 0 Å². The first-order chi connectivity index (χ1) is 10.7. The second-order valence-electron chi connectivity index (χ2n) is 4.73. The predicted octanol–water partition coefficient (Wildman–Crippen LogP) is 2.32. The number of pyridine rings is 1. The number of fused-ring (bicyclic) bond motifs is 1. The molecule has 0 atom stereocenters. The number of hydrogen-bond acceptors (Lipinski definition) is 4. The summed E-state index contributed by atoms with van der Waals surface area (Å²) in [6.45, 7) is 0.437. The Balaban J connectivity index is 1.90. The third kappa shape index (κ3) is 4.41. The molecule has 1 N–H and O–H groups in total. The molecule has 0 fully saturated rings. The highest BCUT2D eigenvalue weighted by atomic mass is 16.5. The molecular weight excluding hydrogens is 280 g/mol. The van der Waals surface area contributed by atoms with Gasteiger partial charge in [-0.15, -0.1) is 0 Å². The molecule has 0 aliphatic carbocycles. The number of para-hydroxylation sites is 1. The maximum atomic E-state index is 11.7. The lowest BCUT2D eigenvalue weighted by atomic mass is 10.1. The first-order valence-corrected chi connectivity index (χ1v) is 7.07. The van der Waals surface area contributed by atoms with Crippen LogP contribution in [0.2, 0.25) is 0 Å². The molecule has 0 unspecified atom stereocenters. The average molecular weight is 298 g/mol. The summed E-state index contributed by atoms with van der Waals surface area (Å²) >= 11 is 0. The number of benzene rings is 1. The normalized spacial score (nSPS) is 10.8. The Hall–Kier alpha value is -2.69. The Morgan fingerprint density at radius 2 is 2.09 bits per heavy atom. The highest BCUT2D eigenvalue weighted by Crippen LogP contribution is 2.16. The molecule has 0 aliphatic rings. The summed E-state index contributed by atoms with van der Waals surface area (Å²) in [4.78, 5) is 27.0. The summed E-state index contributed by atoms with van der Waals surface area (Å²) in [6.07, 6.45) is 5.80. The third-order valence-electron chi connectivity index (χ3n) is 3.16. The first-order valence-electron chi connectivity index (χ1n) is 7.07. The Kier molecular flexibility index (Phi) is 5.65. The number of rotatable bonds is 6. The van der Waals surface area contributed by atoms with Crippen molar-refractivity contribution in [2.45, 2.75) is 12.8 Å². The molecule has 0 saturated carbocycles. The van der Waals surface area contributed by atoms with Gasteiger partial charge in [-0.2, -0.15) is 0 Å². The molecule has 1 heterocycles. The number of nitrogens with one attached hydrogen (secondary N) is 1. The lowest BCUT2D eigenvalue weighted by Crippen LogP contribution is -2.22. The van der Waals surface area contributed by atoms with Crippen LogP contribution in [0.1, 0.15) is 18.4 Å². The second-order valence-corrected chi connectivity index (χ2v) is 4.73. The van der Waals surface area contributed by atoms with E-state index in [1.165, 1.54) is 13.2 Å². The summed E-state index contributed by atoms with van der Waals surface area (Å²) in [6, 6.07) is 9.68. The number of hydrogen-bond donors (Lipinski definition) is 1. The molecule has 0 radical (unpaired) electrons. The molecule has 5 nitrogen and oxygen atoms in total. The van der Waals surface area contributed by atoms with Gasteiger partial charge in [0.2, 0.25) is 5.91 Å². The quantitative estimate of drug-likeness (QED) is 0.505. The molecule has 0 saturated heterocycles. The molecular formula is C17H18N2O3. The van der Waals surface area contributed by atoms with E-state index in [0.717, 1.165) is 16.5 Å². The fraction of sp³-hybridized carbons (Fsp3) is 0.235. The molecule has 0 bridgehead atoms. The Morgan fingerprint density at radius 1 is 1.27 bits per heavy atom. The van der Waals surface area contributed by atoms with Crippen LogP contribution < -0.4 is 5.32 Å². The van der Waals surface area contributed by atoms with Gasteiger partial charge < -0.3 is 10.1 Å². The molecule has 0 spiro atoms. The van der Waals surface area contributed by atoms with Crippen molar-refractivity contribution in [1.29, 1.82) is 0 Å². The molecule has 5 heteroatoms. The van der Waals surface area contributed by atoms with Gasteiger partial charge in [0.25, 0.3) is 0 Å². The topological polar surface area (TPSA) is 68.3 Å². The summed E-state index contributed by atoms with van der Waals surface area (Å²) in [5, 5.41) is 3.76. The van der Waals surface area contributed by atoms with E-state index in [1.807, 2.05) is 30.3 Å². The number of amides is 1. The van der Waals surface area contributed by atoms with Crippen LogP contribution in [-0.4, -0.2) is 30.5 Å². The summed E-state index contributed by atoms with van der Waals surface area (Å²) in [5.41, 5.74) is 1.75. The van der Waals surface area contributed by atoms with Crippen LogP contribution in [0, 0.1) is 0 Å². The van der Waals surface area contributed by atoms with E-state index < -0.39 is 0 Å². The minimum Gasteiger partial charge on any atom is -0.469 e. The van der Waals surface area contributed by atoms with Crippen molar-refractivity contribution in [3.63, 3.8) is 0 Å². The lowest BCUT2D eigenvalue weighted by molar-refractivity contribution is -0.140. The standard InChI is InChI=1S/C17H18N2O3/c1-22-16(21)8-4-11-18-15(20)10-9-14-6-2-5-13-7-3-12-19-17(13)14/h2-3,5-7,9-10,12H,4,8,11H2,1H3,(H,18,20)/b10-9+. The second kappa shape index (κ2) is 7.93. The SMILES string of the molecule is COC(=O)CCCNC(=O)/C=C/c1cccc2cccnc12. The van der Waals surface area contributed by atoms with Gasteiger partial charge in [0.1, 0.15) is 0 Å². The predicted molar refractivity (Wildman–Crippen MR) is 85.0 cm³/mol. The van der Waals surface area contributed by atoms with Gasteiger partial charge in [-0.05, 0) is 18.6 Å². The van der Waals surface area contributed by atoms with Gasteiger partial charge in [0, 0.05) is 36.2 Å². The highest BCUT2D eigenvalue weighted by Gasteiger charge is 2.01. The number of nitrogens with zero attached hydrogens (tertiary/aromatic N) is 1. The van der Waals surface area contributed by atoms with Gasteiger partial charge in [-0.1, -0.05) is 24.3 Å². The van der Waals surface area contributed by atoms with Gasteiger partial charge in [0.05, 0.1) is 12.6 Å². The van der Waals surface area contributed by atoms with Crippen molar-refractivity contribution in [3.8, 4) is 0 Å². The van der Waals surface area contributed by atoms with E-state index in [1.54, 1.807) is 12.3 Å². The van der Waals surface area contributed by atoms with E-state index in [-0.39, 0.29) is 11.9 Å². The number of aromatic nitrogens is 1. The monoisotopic (exact) mass is 298 g/mol. The van der Waals surface area contributed by atoms with Crippen LogP contribution in [-0.2, 0) is 14.3 Å². The zero-order valence-electron chi connectivity index (χ0n) is 12.4. The van der Waals surface area contributed by atoms with Gasteiger partial charge in [-0.3, -0.25) is 14.6 Å². The lowest BCUT2D eigenvalue weighted by Gasteiger charge is -2.02. The molecule has 2 rings (SSSR count). The van der Waals surface area contributed by atoms with Crippen LogP contribution in [0.5, 0.6) is 0 Å². The van der Waals surface area contributed by atoms with E-state index in [9.17, 15) is 9.59 Å². The van der Waals surface area contributed by atoms with Crippen LogP contribution in [0.3, 0.4) is 0 Å². The average Bonchev–Trinajstić information content (AvgIpc) is 2.56. The third-order valence-corrected chi connectivity index (χ3v) is 3.16. The van der Waals surface area contributed by atoms with E-state index >= 15 is 0 Å². The van der Waals surface area contributed by atoms with Crippen molar-refractivity contribution >= 4 is 28.9 Å². The van der Waals surface area contributed by atoms with Gasteiger partial charge in [0.15, 0.2) is 0 Å². The number of esters is 1. The Morgan fingerprint density at radius 3 is 2.91 bits per heavy atom. The Bertz CT molecular complexity index is 690. The van der Waals surface area contributed by atoms with Crippen molar-refractivity contribution in [2.75, 3.05) is 13.7 Å². The molecule has 1 amide bonds. The van der Waals surface area contributed by atoms with E-state index in [4.69, 9.17) is 0 Å². The number of carbonyl (C=O) groups excluding carboxylic acids is 2. The van der Waals surface area contributed by atoms with Crippen molar-refractivity contribution in [3.05, 3.63) is 48.2 Å².